The number of halogens is 2. The molecule has 0 saturated carbocycles. The van der Waals surface area contributed by atoms with Gasteiger partial charge >= 0.3 is 6.09 Å². The number of carbonyl (C=O) groups is 2. The van der Waals surface area contributed by atoms with Gasteiger partial charge in [0.1, 0.15) is 0 Å². The van der Waals surface area contributed by atoms with Crippen LogP contribution in [-0.4, -0.2) is 54.3 Å². The Balaban J connectivity index is 1.65. The molecule has 210 valence electrons. The van der Waals surface area contributed by atoms with E-state index in [0.29, 0.717) is 65.0 Å². The van der Waals surface area contributed by atoms with Crippen LogP contribution in [-0.2, 0) is 36.3 Å². The van der Waals surface area contributed by atoms with Gasteiger partial charge in [-0.2, -0.15) is 0 Å². The summed E-state index contributed by atoms with van der Waals surface area (Å²) in [5, 5.41) is 3.93. The number of hydrogen-bond acceptors (Lipinski definition) is 7. The molecule has 2 aliphatic rings. The SMILES string of the molecule is COCCCNC1(c2ccccc2Cl)C(=O)N(S(=O)(=O)c2ccc3c(c2)CCN3C(=O)OC)c2ccc(Cl)cc21. The monoisotopic (exact) mass is 603 g/mol. The largest absolute Gasteiger partial charge is 0.452 e. The van der Waals surface area contributed by atoms with Crippen molar-refractivity contribution in [1.82, 2.24) is 5.32 Å². The molecule has 0 fully saturated rings. The van der Waals surface area contributed by atoms with Crippen LogP contribution in [0.5, 0.6) is 0 Å². The first-order valence-electron chi connectivity index (χ1n) is 12.5. The smallest absolute Gasteiger partial charge is 0.414 e. The highest BCUT2D eigenvalue weighted by molar-refractivity contribution is 7.93. The number of fused-ring (bicyclic) bond motifs is 2. The maximum Gasteiger partial charge on any atom is 0.414 e. The average molecular weight is 605 g/mol. The van der Waals surface area contributed by atoms with Gasteiger partial charge in [-0.15, -0.1) is 0 Å². The Bertz CT molecular complexity index is 1600. The van der Waals surface area contributed by atoms with E-state index in [0.717, 1.165) is 4.31 Å². The van der Waals surface area contributed by atoms with Gasteiger partial charge in [0.15, 0.2) is 5.54 Å². The molecule has 0 saturated heterocycles. The Morgan fingerprint density at radius 3 is 2.50 bits per heavy atom. The molecular weight excluding hydrogens is 577 g/mol. The minimum Gasteiger partial charge on any atom is -0.452 e. The third-order valence-electron chi connectivity index (χ3n) is 7.16. The van der Waals surface area contributed by atoms with Crippen molar-refractivity contribution in [3.05, 3.63) is 87.4 Å². The molecule has 1 unspecified atom stereocenters. The molecule has 0 aromatic heterocycles. The molecule has 2 aliphatic heterocycles. The van der Waals surface area contributed by atoms with Gasteiger partial charge in [0.25, 0.3) is 15.9 Å². The van der Waals surface area contributed by atoms with Crippen molar-refractivity contribution in [1.29, 1.82) is 0 Å². The van der Waals surface area contributed by atoms with Crippen molar-refractivity contribution in [2.75, 3.05) is 43.1 Å². The predicted molar refractivity (Wildman–Crippen MR) is 153 cm³/mol. The summed E-state index contributed by atoms with van der Waals surface area (Å²) in [5.41, 5.74) is 0.545. The van der Waals surface area contributed by atoms with Crippen LogP contribution in [0.4, 0.5) is 16.2 Å². The number of methoxy groups -OCH3 is 2. The van der Waals surface area contributed by atoms with E-state index in [4.69, 9.17) is 32.7 Å². The Morgan fingerprint density at radius 2 is 1.77 bits per heavy atom. The van der Waals surface area contributed by atoms with E-state index in [9.17, 15) is 18.0 Å². The van der Waals surface area contributed by atoms with Crippen LogP contribution >= 0.6 is 23.2 Å². The second-order valence-corrected chi connectivity index (χ2v) is 12.0. The van der Waals surface area contributed by atoms with Gasteiger partial charge in [-0.05, 0) is 67.4 Å². The quantitative estimate of drug-likeness (QED) is 0.371. The van der Waals surface area contributed by atoms with E-state index in [1.807, 2.05) is 0 Å². The van der Waals surface area contributed by atoms with Gasteiger partial charge in [-0.1, -0.05) is 41.4 Å². The Kier molecular flexibility index (Phi) is 7.82. The zero-order valence-electron chi connectivity index (χ0n) is 21.8. The summed E-state index contributed by atoms with van der Waals surface area (Å²) < 4.78 is 39.3. The molecular formula is C28H27Cl2N3O6S. The first-order chi connectivity index (χ1) is 19.2. The first-order valence-corrected chi connectivity index (χ1v) is 14.7. The van der Waals surface area contributed by atoms with E-state index >= 15 is 0 Å². The molecule has 2 heterocycles. The van der Waals surface area contributed by atoms with Crippen molar-refractivity contribution in [2.45, 2.75) is 23.3 Å². The number of rotatable bonds is 8. The van der Waals surface area contributed by atoms with Gasteiger partial charge in [0.2, 0.25) is 0 Å². The van der Waals surface area contributed by atoms with Crippen molar-refractivity contribution >= 4 is 56.6 Å². The summed E-state index contributed by atoms with van der Waals surface area (Å²) in [5.74, 6) is -0.730. The maximum atomic E-state index is 14.5. The highest BCUT2D eigenvalue weighted by atomic mass is 35.5. The number of anilines is 2. The van der Waals surface area contributed by atoms with Gasteiger partial charge in [0.05, 0.1) is 23.4 Å². The molecule has 12 heteroatoms. The Hall–Kier alpha value is -3.15. The minimum atomic E-state index is -4.41. The lowest BCUT2D eigenvalue weighted by Crippen LogP contribution is -2.53. The van der Waals surface area contributed by atoms with Crippen LogP contribution in [0, 0.1) is 0 Å². The molecule has 1 atom stereocenters. The Labute approximate surface area is 242 Å². The predicted octanol–water partition coefficient (Wildman–Crippen LogP) is 4.73. The highest BCUT2D eigenvalue weighted by Crippen LogP contribution is 2.49. The fourth-order valence-electron chi connectivity index (χ4n) is 5.33. The topological polar surface area (TPSA) is 105 Å². The zero-order chi connectivity index (χ0) is 28.7. The molecule has 0 bridgehead atoms. The third-order valence-corrected chi connectivity index (χ3v) is 9.42. The van der Waals surface area contributed by atoms with Gasteiger partial charge in [-0.25, -0.2) is 17.5 Å². The van der Waals surface area contributed by atoms with E-state index in [2.05, 4.69) is 5.32 Å². The van der Waals surface area contributed by atoms with Gasteiger partial charge in [-0.3, -0.25) is 15.0 Å². The summed E-state index contributed by atoms with van der Waals surface area (Å²) in [4.78, 5) is 28.0. The van der Waals surface area contributed by atoms with Gasteiger partial charge in [0, 0.05) is 41.4 Å². The standard InChI is InChI=1S/C28H27Cl2N3O6S/c1-38-15-5-13-31-28(21-6-3-4-7-23(21)30)22-17-19(29)8-10-25(22)33(26(28)34)40(36,37)20-9-11-24-18(16-20)12-14-32(24)27(35)39-2/h3-4,6-11,16-17,31H,5,12-15H2,1-2H3. The van der Waals surface area contributed by atoms with Crippen molar-refractivity contribution in [3.8, 4) is 0 Å². The van der Waals surface area contributed by atoms with E-state index in [1.165, 1.54) is 30.2 Å². The van der Waals surface area contributed by atoms with E-state index in [1.54, 1.807) is 49.6 Å². The lowest BCUT2D eigenvalue weighted by Gasteiger charge is -2.31. The fourth-order valence-corrected chi connectivity index (χ4v) is 7.29. The molecule has 3 aromatic carbocycles. The van der Waals surface area contributed by atoms with Crippen LogP contribution in [0.1, 0.15) is 23.1 Å². The lowest BCUT2D eigenvalue weighted by molar-refractivity contribution is -0.121. The maximum absolute atomic E-state index is 14.5. The van der Waals surface area contributed by atoms with Crippen LogP contribution in [0.2, 0.25) is 10.0 Å². The zero-order valence-corrected chi connectivity index (χ0v) is 24.1. The normalized spacial score (nSPS) is 18.1. The second-order valence-electron chi connectivity index (χ2n) is 9.40. The number of nitrogens with zero attached hydrogens (tertiary/aromatic N) is 2. The number of sulfonamides is 1. The number of nitrogens with one attached hydrogen (secondary N) is 1. The summed E-state index contributed by atoms with van der Waals surface area (Å²) >= 11 is 13.0. The molecule has 9 nitrogen and oxygen atoms in total. The lowest BCUT2D eigenvalue weighted by atomic mass is 9.83. The van der Waals surface area contributed by atoms with Crippen molar-refractivity contribution in [2.24, 2.45) is 0 Å². The van der Waals surface area contributed by atoms with E-state index < -0.39 is 27.6 Å². The average Bonchev–Trinajstić information content (AvgIpc) is 3.48. The first kappa shape index (κ1) is 28.4. The highest BCUT2D eigenvalue weighted by Gasteiger charge is 2.56. The summed E-state index contributed by atoms with van der Waals surface area (Å²) in [7, 11) is -1.54. The molecule has 0 spiro atoms. The Morgan fingerprint density at radius 1 is 1.02 bits per heavy atom. The number of benzene rings is 3. The summed E-state index contributed by atoms with van der Waals surface area (Å²) in [6.07, 6.45) is 0.470. The second kappa shape index (κ2) is 11.0. The minimum absolute atomic E-state index is 0.0819. The van der Waals surface area contributed by atoms with Crippen molar-refractivity contribution in [3.63, 3.8) is 0 Å². The number of ether oxygens (including phenoxy) is 2. The molecule has 0 radical (unpaired) electrons. The molecule has 1 N–H and O–H groups in total. The molecule has 5 rings (SSSR count). The van der Waals surface area contributed by atoms with Crippen LogP contribution in [0.3, 0.4) is 0 Å². The summed E-state index contributed by atoms with van der Waals surface area (Å²) in [6, 6.07) is 15.9. The van der Waals surface area contributed by atoms with Crippen molar-refractivity contribution < 1.29 is 27.5 Å². The number of hydrogen-bond donors (Lipinski definition) is 1. The van der Waals surface area contributed by atoms with E-state index in [-0.39, 0.29) is 10.6 Å². The molecule has 40 heavy (non-hydrogen) atoms. The molecule has 2 amide bonds. The van der Waals surface area contributed by atoms with Crippen LogP contribution < -0.4 is 14.5 Å². The van der Waals surface area contributed by atoms with Crippen LogP contribution in [0.15, 0.2) is 65.6 Å². The number of carbonyl (C=O) groups excluding carboxylic acids is 2. The molecule has 3 aromatic rings. The molecule has 0 aliphatic carbocycles. The van der Waals surface area contributed by atoms with Gasteiger partial charge < -0.3 is 9.47 Å². The number of amides is 2. The fraction of sp³-hybridized carbons (Fsp3) is 0.286. The third kappa shape index (κ3) is 4.53. The summed E-state index contributed by atoms with van der Waals surface area (Å²) in [6.45, 7) is 1.12. The van der Waals surface area contributed by atoms with Crippen LogP contribution in [0.25, 0.3) is 0 Å².